The number of aromatic nitrogens is 3. The van der Waals surface area contributed by atoms with Gasteiger partial charge < -0.3 is 5.32 Å². The molecule has 1 N–H and O–H groups in total. The Bertz CT molecular complexity index is 492. The van der Waals surface area contributed by atoms with E-state index in [9.17, 15) is 0 Å². The smallest absolute Gasteiger partial charge is 0.190 e. The van der Waals surface area contributed by atoms with E-state index in [0.717, 1.165) is 5.69 Å². The fourth-order valence-corrected chi connectivity index (χ4v) is 1.88. The highest BCUT2D eigenvalue weighted by molar-refractivity contribution is 7.98. The number of thioether (sulfide) groups is 1. The monoisotopic (exact) mass is 266 g/mol. The number of hydrogen-bond acceptors (Lipinski definition) is 5. The lowest BCUT2D eigenvalue weighted by Crippen LogP contribution is -2.04. The minimum absolute atomic E-state index is 0.438. The van der Waals surface area contributed by atoms with Gasteiger partial charge in [-0.1, -0.05) is 29.4 Å². The van der Waals surface area contributed by atoms with Crippen molar-refractivity contribution in [1.29, 1.82) is 0 Å². The Morgan fingerprint density at radius 2 is 2.24 bits per heavy atom. The molecule has 17 heavy (non-hydrogen) atoms. The maximum Gasteiger partial charge on any atom is 0.190 e. The summed E-state index contributed by atoms with van der Waals surface area (Å²) in [6, 6.07) is 7.48. The number of pyridine rings is 1. The van der Waals surface area contributed by atoms with Gasteiger partial charge in [-0.05, 0) is 18.4 Å². The van der Waals surface area contributed by atoms with E-state index in [1.165, 1.54) is 11.8 Å². The van der Waals surface area contributed by atoms with E-state index in [1.807, 2.05) is 24.5 Å². The van der Waals surface area contributed by atoms with Crippen LogP contribution in [0, 0.1) is 0 Å². The molecule has 2 heterocycles. The standard InChI is InChI=1S/C11H11ClN4S/c1-17-11-15-9(12)6-10(16-11)14-7-8-4-2-3-5-13-8/h2-6H,7H2,1H3,(H,14,15,16). The predicted molar refractivity (Wildman–Crippen MR) is 70.4 cm³/mol. The van der Waals surface area contributed by atoms with Crippen molar-refractivity contribution < 1.29 is 0 Å². The summed E-state index contributed by atoms with van der Waals surface area (Å²) in [4.78, 5) is 12.6. The zero-order valence-electron chi connectivity index (χ0n) is 9.22. The maximum absolute atomic E-state index is 5.89. The molecule has 2 aromatic rings. The molecule has 0 fully saturated rings. The van der Waals surface area contributed by atoms with E-state index < -0.39 is 0 Å². The topological polar surface area (TPSA) is 50.7 Å². The average Bonchev–Trinajstić information content (AvgIpc) is 2.37. The van der Waals surface area contributed by atoms with Gasteiger partial charge >= 0.3 is 0 Å². The number of rotatable bonds is 4. The summed E-state index contributed by atoms with van der Waals surface area (Å²) in [5.74, 6) is 0.708. The molecule has 2 aromatic heterocycles. The minimum atomic E-state index is 0.438. The molecule has 0 saturated carbocycles. The number of hydrogen-bond donors (Lipinski definition) is 1. The van der Waals surface area contributed by atoms with Crippen molar-refractivity contribution in [3.05, 3.63) is 41.3 Å². The largest absolute Gasteiger partial charge is 0.364 e. The van der Waals surface area contributed by atoms with Gasteiger partial charge in [-0.2, -0.15) is 0 Å². The van der Waals surface area contributed by atoms with Crippen LogP contribution in [0.3, 0.4) is 0 Å². The van der Waals surface area contributed by atoms with E-state index in [0.29, 0.717) is 22.7 Å². The molecule has 2 rings (SSSR count). The summed E-state index contributed by atoms with van der Waals surface area (Å²) < 4.78 is 0. The first kappa shape index (κ1) is 12.1. The van der Waals surface area contributed by atoms with Crippen LogP contribution in [-0.4, -0.2) is 21.2 Å². The Labute approximate surface area is 109 Å². The van der Waals surface area contributed by atoms with Gasteiger partial charge in [-0.25, -0.2) is 9.97 Å². The van der Waals surface area contributed by atoms with Gasteiger partial charge in [-0.15, -0.1) is 0 Å². The van der Waals surface area contributed by atoms with Gasteiger partial charge in [0.25, 0.3) is 0 Å². The normalized spacial score (nSPS) is 10.2. The summed E-state index contributed by atoms with van der Waals surface area (Å²) in [5.41, 5.74) is 0.952. The molecular formula is C11H11ClN4S. The SMILES string of the molecule is CSc1nc(Cl)cc(NCc2ccccn2)n1. The Morgan fingerprint density at radius 3 is 2.94 bits per heavy atom. The van der Waals surface area contributed by atoms with Crippen molar-refractivity contribution in [2.24, 2.45) is 0 Å². The van der Waals surface area contributed by atoms with Crippen LogP contribution in [0.4, 0.5) is 5.82 Å². The van der Waals surface area contributed by atoms with Crippen LogP contribution in [-0.2, 0) is 6.54 Å². The Morgan fingerprint density at radius 1 is 1.35 bits per heavy atom. The zero-order chi connectivity index (χ0) is 12.1. The average molecular weight is 267 g/mol. The quantitative estimate of drug-likeness (QED) is 0.524. The van der Waals surface area contributed by atoms with Crippen molar-refractivity contribution in [3.63, 3.8) is 0 Å². The van der Waals surface area contributed by atoms with Crippen molar-refractivity contribution in [1.82, 2.24) is 15.0 Å². The van der Waals surface area contributed by atoms with Crippen LogP contribution in [0.25, 0.3) is 0 Å². The maximum atomic E-state index is 5.89. The van der Waals surface area contributed by atoms with Crippen LogP contribution < -0.4 is 5.32 Å². The lowest BCUT2D eigenvalue weighted by Gasteiger charge is -2.06. The third kappa shape index (κ3) is 3.57. The van der Waals surface area contributed by atoms with Gasteiger partial charge in [0, 0.05) is 12.3 Å². The summed E-state index contributed by atoms with van der Waals surface area (Å²) >= 11 is 7.35. The fraction of sp³-hybridized carbons (Fsp3) is 0.182. The van der Waals surface area contributed by atoms with Gasteiger partial charge in [0.1, 0.15) is 11.0 Å². The van der Waals surface area contributed by atoms with Crippen molar-refractivity contribution in [3.8, 4) is 0 Å². The highest BCUT2D eigenvalue weighted by Crippen LogP contribution is 2.17. The molecule has 0 atom stereocenters. The Balaban J connectivity index is 2.06. The molecule has 0 unspecified atom stereocenters. The van der Waals surface area contributed by atoms with Crippen LogP contribution >= 0.6 is 23.4 Å². The Kier molecular flexibility index (Phi) is 4.17. The highest BCUT2D eigenvalue weighted by Gasteiger charge is 2.02. The molecule has 6 heteroatoms. The highest BCUT2D eigenvalue weighted by atomic mass is 35.5. The molecule has 0 spiro atoms. The molecule has 0 bridgehead atoms. The third-order valence-corrected chi connectivity index (χ3v) is 2.78. The van der Waals surface area contributed by atoms with Gasteiger partial charge in [0.05, 0.1) is 12.2 Å². The molecule has 0 aliphatic rings. The molecule has 0 amide bonds. The first-order valence-corrected chi connectivity index (χ1v) is 6.60. The van der Waals surface area contributed by atoms with Crippen LogP contribution in [0.1, 0.15) is 5.69 Å². The van der Waals surface area contributed by atoms with Crippen LogP contribution in [0.5, 0.6) is 0 Å². The third-order valence-electron chi connectivity index (χ3n) is 2.03. The second-order valence-electron chi connectivity index (χ2n) is 3.24. The van der Waals surface area contributed by atoms with Crippen LogP contribution in [0.15, 0.2) is 35.6 Å². The first-order chi connectivity index (χ1) is 8.28. The summed E-state index contributed by atoms with van der Waals surface area (Å²) in [5, 5.41) is 4.26. The van der Waals surface area contributed by atoms with Crippen LogP contribution in [0.2, 0.25) is 5.15 Å². The summed E-state index contributed by atoms with van der Waals surface area (Å²) in [6.07, 6.45) is 3.67. The molecule has 0 saturated heterocycles. The van der Waals surface area contributed by atoms with Crippen molar-refractivity contribution in [2.45, 2.75) is 11.7 Å². The lowest BCUT2D eigenvalue weighted by molar-refractivity contribution is 0.946. The molecule has 88 valence electrons. The summed E-state index contributed by atoms with van der Waals surface area (Å²) in [7, 11) is 0. The van der Waals surface area contributed by atoms with Crippen molar-refractivity contribution in [2.75, 3.05) is 11.6 Å². The van der Waals surface area contributed by atoms with Gasteiger partial charge in [-0.3, -0.25) is 4.98 Å². The molecular weight excluding hydrogens is 256 g/mol. The second kappa shape index (κ2) is 5.84. The molecule has 0 radical (unpaired) electrons. The molecule has 0 aliphatic carbocycles. The zero-order valence-corrected chi connectivity index (χ0v) is 10.8. The molecule has 0 aliphatic heterocycles. The number of anilines is 1. The van der Waals surface area contributed by atoms with Crippen molar-refractivity contribution >= 4 is 29.2 Å². The Hall–Kier alpha value is -1.33. The van der Waals surface area contributed by atoms with E-state index >= 15 is 0 Å². The predicted octanol–water partition coefficient (Wildman–Crippen LogP) is 2.86. The number of nitrogens with one attached hydrogen (secondary N) is 1. The van der Waals surface area contributed by atoms with E-state index in [1.54, 1.807) is 12.3 Å². The number of nitrogens with zero attached hydrogens (tertiary/aromatic N) is 3. The molecule has 0 aromatic carbocycles. The lowest BCUT2D eigenvalue weighted by atomic mass is 10.3. The number of halogens is 1. The second-order valence-corrected chi connectivity index (χ2v) is 4.40. The van der Waals surface area contributed by atoms with E-state index in [-0.39, 0.29) is 0 Å². The van der Waals surface area contributed by atoms with Gasteiger partial charge in [0.15, 0.2) is 5.16 Å². The fourth-order valence-electron chi connectivity index (χ4n) is 1.26. The first-order valence-electron chi connectivity index (χ1n) is 5.00. The minimum Gasteiger partial charge on any atom is -0.364 e. The summed E-state index contributed by atoms with van der Waals surface area (Å²) in [6.45, 7) is 0.613. The van der Waals surface area contributed by atoms with Gasteiger partial charge in [0.2, 0.25) is 0 Å². The van der Waals surface area contributed by atoms with E-state index in [2.05, 4.69) is 20.3 Å². The van der Waals surface area contributed by atoms with E-state index in [4.69, 9.17) is 11.6 Å². The molecule has 4 nitrogen and oxygen atoms in total.